The third-order valence-corrected chi connectivity index (χ3v) is 3.08. The summed E-state index contributed by atoms with van der Waals surface area (Å²) in [5, 5.41) is 3.41. The lowest BCUT2D eigenvalue weighted by Gasteiger charge is -2.21. The highest BCUT2D eigenvalue weighted by atomic mass is 35.5. The van der Waals surface area contributed by atoms with Crippen molar-refractivity contribution in [2.45, 2.75) is 38.9 Å². The molecule has 1 unspecified atom stereocenters. The van der Waals surface area contributed by atoms with Gasteiger partial charge in [-0.1, -0.05) is 30.7 Å². The van der Waals surface area contributed by atoms with Gasteiger partial charge in [0.1, 0.15) is 0 Å². The third kappa shape index (κ3) is 4.86. The maximum Gasteiger partial charge on any atom is 0.390 e. The normalized spacial score (nSPS) is 13.7. The smallest absolute Gasteiger partial charge is 0.310 e. The second-order valence-corrected chi connectivity index (χ2v) is 4.74. The average Bonchev–Trinajstić information content (AvgIpc) is 2.26. The topological polar surface area (TPSA) is 12.0 Å². The maximum atomic E-state index is 12.5. The van der Waals surface area contributed by atoms with Gasteiger partial charge in [0, 0.05) is 11.1 Å². The lowest BCUT2D eigenvalue weighted by atomic mass is 10.0. The predicted octanol–water partition coefficient (Wildman–Crippen LogP) is 4.64. The third-order valence-electron chi connectivity index (χ3n) is 2.67. The van der Waals surface area contributed by atoms with Crippen molar-refractivity contribution in [3.63, 3.8) is 0 Å². The number of aryl methyl sites for hydroxylation is 1. The van der Waals surface area contributed by atoms with E-state index in [1.165, 1.54) is 0 Å². The van der Waals surface area contributed by atoms with Crippen molar-refractivity contribution in [3.8, 4) is 0 Å². The molecule has 0 saturated heterocycles. The molecule has 1 atom stereocenters. The lowest BCUT2D eigenvalue weighted by molar-refractivity contribution is -0.140. The summed E-state index contributed by atoms with van der Waals surface area (Å²) in [6.45, 7) is 4.29. The van der Waals surface area contributed by atoms with Gasteiger partial charge in [0.25, 0.3) is 0 Å². The van der Waals surface area contributed by atoms with Crippen molar-refractivity contribution in [3.05, 3.63) is 34.3 Å². The number of rotatable bonds is 5. The first kappa shape index (κ1) is 15.3. The molecule has 0 spiro atoms. The molecule has 0 aliphatic heterocycles. The van der Waals surface area contributed by atoms with Gasteiger partial charge >= 0.3 is 6.18 Å². The van der Waals surface area contributed by atoms with Crippen molar-refractivity contribution >= 4 is 11.6 Å². The Hall–Kier alpha value is -0.740. The Kier molecular flexibility index (Phi) is 5.47. The molecule has 18 heavy (non-hydrogen) atoms. The van der Waals surface area contributed by atoms with Crippen LogP contribution in [0.3, 0.4) is 0 Å². The highest BCUT2D eigenvalue weighted by Crippen LogP contribution is 2.31. The van der Waals surface area contributed by atoms with Crippen LogP contribution in [0.1, 0.15) is 36.9 Å². The van der Waals surface area contributed by atoms with Crippen LogP contribution in [-0.2, 0) is 0 Å². The summed E-state index contributed by atoms with van der Waals surface area (Å²) in [6.07, 6.45) is -4.29. The molecule has 0 saturated carbocycles. The molecule has 102 valence electrons. The molecular formula is C13H17ClF3N. The van der Waals surface area contributed by atoms with Crippen LogP contribution >= 0.6 is 11.6 Å². The van der Waals surface area contributed by atoms with Gasteiger partial charge in [-0.15, -0.1) is 0 Å². The van der Waals surface area contributed by atoms with E-state index < -0.39 is 18.6 Å². The first-order valence-electron chi connectivity index (χ1n) is 5.89. The van der Waals surface area contributed by atoms with Crippen molar-refractivity contribution in [2.75, 3.05) is 6.54 Å². The summed E-state index contributed by atoms with van der Waals surface area (Å²) in [6, 6.07) is 4.31. The zero-order valence-corrected chi connectivity index (χ0v) is 11.2. The first-order chi connectivity index (χ1) is 8.33. The molecule has 0 radical (unpaired) electrons. The van der Waals surface area contributed by atoms with E-state index >= 15 is 0 Å². The van der Waals surface area contributed by atoms with Crippen molar-refractivity contribution in [2.24, 2.45) is 0 Å². The molecule has 0 bridgehead atoms. The Morgan fingerprint density at radius 1 is 1.33 bits per heavy atom. The highest BCUT2D eigenvalue weighted by Gasteiger charge is 2.32. The van der Waals surface area contributed by atoms with E-state index in [4.69, 9.17) is 11.6 Å². The molecule has 1 rings (SSSR count). The number of halogens is 4. The number of hydrogen-bond acceptors (Lipinski definition) is 1. The Labute approximate surface area is 110 Å². The molecule has 0 aliphatic carbocycles. The zero-order valence-electron chi connectivity index (χ0n) is 10.4. The van der Waals surface area contributed by atoms with Gasteiger partial charge in [-0.05, 0) is 37.1 Å². The van der Waals surface area contributed by atoms with Crippen LogP contribution < -0.4 is 5.32 Å². The monoisotopic (exact) mass is 279 g/mol. The van der Waals surface area contributed by atoms with E-state index in [-0.39, 0.29) is 0 Å². The fourth-order valence-electron chi connectivity index (χ4n) is 1.68. The van der Waals surface area contributed by atoms with Crippen LogP contribution in [0.15, 0.2) is 18.2 Å². The fraction of sp³-hybridized carbons (Fsp3) is 0.538. The van der Waals surface area contributed by atoms with Crippen LogP contribution in [0.4, 0.5) is 13.2 Å². The SMILES string of the molecule is CCCNC(CC(F)(F)F)c1ccc(C)c(Cl)c1. The van der Waals surface area contributed by atoms with E-state index in [2.05, 4.69) is 5.32 Å². The first-order valence-corrected chi connectivity index (χ1v) is 6.27. The molecule has 1 N–H and O–H groups in total. The largest absolute Gasteiger partial charge is 0.390 e. The van der Waals surface area contributed by atoms with Gasteiger partial charge in [0.05, 0.1) is 6.42 Å². The van der Waals surface area contributed by atoms with Gasteiger partial charge in [-0.25, -0.2) is 0 Å². The molecule has 0 fully saturated rings. The summed E-state index contributed by atoms with van der Waals surface area (Å²) in [5.41, 5.74) is 1.44. The van der Waals surface area contributed by atoms with Crippen molar-refractivity contribution in [1.29, 1.82) is 0 Å². The van der Waals surface area contributed by atoms with Gasteiger partial charge in [-0.3, -0.25) is 0 Å². The van der Waals surface area contributed by atoms with Crippen molar-refractivity contribution in [1.82, 2.24) is 5.32 Å². The summed E-state index contributed by atoms with van der Waals surface area (Å²) < 4.78 is 37.6. The van der Waals surface area contributed by atoms with Gasteiger partial charge in [0.15, 0.2) is 0 Å². The van der Waals surface area contributed by atoms with Crippen LogP contribution in [0.2, 0.25) is 5.02 Å². The molecule has 1 aromatic rings. The highest BCUT2D eigenvalue weighted by molar-refractivity contribution is 6.31. The van der Waals surface area contributed by atoms with Crippen LogP contribution in [0, 0.1) is 6.92 Å². The molecule has 1 nitrogen and oxygen atoms in total. The number of benzene rings is 1. The minimum absolute atomic E-state index is 0.498. The molecule has 0 aromatic heterocycles. The van der Waals surface area contributed by atoms with Crippen LogP contribution in [0.5, 0.6) is 0 Å². The maximum absolute atomic E-state index is 12.5. The summed E-state index contributed by atoms with van der Waals surface area (Å²) in [5.74, 6) is 0. The second-order valence-electron chi connectivity index (χ2n) is 4.33. The number of hydrogen-bond donors (Lipinski definition) is 1. The lowest BCUT2D eigenvalue weighted by Crippen LogP contribution is -2.27. The molecule has 1 aromatic carbocycles. The molecular weight excluding hydrogens is 263 g/mol. The summed E-state index contributed by atoms with van der Waals surface area (Å²) in [4.78, 5) is 0. The fourth-order valence-corrected chi connectivity index (χ4v) is 1.87. The zero-order chi connectivity index (χ0) is 13.8. The van der Waals surface area contributed by atoms with Gasteiger partial charge < -0.3 is 5.32 Å². The number of alkyl halides is 3. The minimum atomic E-state index is -4.19. The Balaban J connectivity index is 2.90. The molecule has 0 heterocycles. The van der Waals surface area contributed by atoms with Gasteiger partial charge in [-0.2, -0.15) is 13.2 Å². The predicted molar refractivity (Wildman–Crippen MR) is 67.9 cm³/mol. The summed E-state index contributed by atoms with van der Waals surface area (Å²) >= 11 is 5.95. The minimum Gasteiger partial charge on any atom is -0.310 e. The van der Waals surface area contributed by atoms with Crippen LogP contribution in [-0.4, -0.2) is 12.7 Å². The standard InChI is InChI=1S/C13H17ClF3N/c1-3-6-18-12(8-13(15,16)17)10-5-4-9(2)11(14)7-10/h4-5,7,12,18H,3,6,8H2,1-2H3. The van der Waals surface area contributed by atoms with E-state index in [0.29, 0.717) is 17.1 Å². The number of nitrogens with one attached hydrogen (secondary N) is 1. The van der Waals surface area contributed by atoms with E-state index in [0.717, 1.165) is 12.0 Å². The molecule has 0 amide bonds. The van der Waals surface area contributed by atoms with Crippen molar-refractivity contribution < 1.29 is 13.2 Å². The van der Waals surface area contributed by atoms with E-state index in [1.807, 2.05) is 13.8 Å². The second kappa shape index (κ2) is 6.43. The molecule has 5 heteroatoms. The Morgan fingerprint density at radius 2 is 2.00 bits per heavy atom. The quantitative estimate of drug-likeness (QED) is 0.828. The van der Waals surface area contributed by atoms with Gasteiger partial charge in [0.2, 0.25) is 0 Å². The van der Waals surface area contributed by atoms with E-state index in [9.17, 15) is 13.2 Å². The molecule has 0 aliphatic rings. The van der Waals surface area contributed by atoms with E-state index in [1.54, 1.807) is 18.2 Å². The summed E-state index contributed by atoms with van der Waals surface area (Å²) in [7, 11) is 0. The Bertz CT molecular complexity index is 390. The van der Waals surface area contributed by atoms with Crippen LogP contribution in [0.25, 0.3) is 0 Å². The average molecular weight is 280 g/mol. The Morgan fingerprint density at radius 3 is 2.50 bits per heavy atom.